The van der Waals surface area contributed by atoms with Gasteiger partial charge in [0.2, 0.25) is 0 Å². The third-order valence-corrected chi connectivity index (χ3v) is 3.46. The predicted molar refractivity (Wildman–Crippen MR) is 80.6 cm³/mol. The zero-order valence-electron chi connectivity index (χ0n) is 11.7. The van der Waals surface area contributed by atoms with Crippen LogP contribution in [0.25, 0.3) is 11.1 Å². The Morgan fingerprint density at radius 2 is 1.85 bits per heavy atom. The lowest BCUT2D eigenvalue weighted by Crippen LogP contribution is -2.14. The Balaban J connectivity index is 2.30. The maximum Gasteiger partial charge on any atom is 0.270 e. The van der Waals surface area contributed by atoms with Crippen molar-refractivity contribution in [3.05, 3.63) is 64.2 Å². The summed E-state index contributed by atoms with van der Waals surface area (Å²) in [4.78, 5) is 10.4. The van der Waals surface area contributed by atoms with E-state index in [-0.39, 0.29) is 10.6 Å². The maximum atomic E-state index is 10.8. The summed E-state index contributed by atoms with van der Waals surface area (Å²) in [5, 5.41) is 14.1. The molecule has 2 rings (SSSR count). The van der Waals surface area contributed by atoms with Crippen LogP contribution in [-0.2, 0) is 0 Å². The molecule has 0 fully saturated rings. The summed E-state index contributed by atoms with van der Waals surface area (Å²) >= 11 is 0. The summed E-state index contributed by atoms with van der Waals surface area (Å²) in [7, 11) is 1.95. The number of nitrogens with zero attached hydrogens (tertiary/aromatic N) is 1. The summed E-state index contributed by atoms with van der Waals surface area (Å²) < 4.78 is 0. The number of nitrogens with one attached hydrogen (secondary N) is 1. The Hall–Kier alpha value is -2.20. The molecule has 104 valence electrons. The molecule has 0 saturated heterocycles. The van der Waals surface area contributed by atoms with Crippen molar-refractivity contribution in [2.24, 2.45) is 0 Å². The van der Waals surface area contributed by atoms with Gasteiger partial charge in [-0.15, -0.1) is 0 Å². The SMILES string of the molecule is CCC(NC)c1ccc(-c2cccc([N+](=O)[O-])c2)cc1. The van der Waals surface area contributed by atoms with Crippen LogP contribution in [0.15, 0.2) is 48.5 Å². The summed E-state index contributed by atoms with van der Waals surface area (Å²) in [6.45, 7) is 2.13. The zero-order chi connectivity index (χ0) is 14.5. The van der Waals surface area contributed by atoms with Crippen molar-refractivity contribution in [3.8, 4) is 11.1 Å². The highest BCUT2D eigenvalue weighted by molar-refractivity contribution is 5.66. The first-order valence-electron chi connectivity index (χ1n) is 6.67. The molecule has 0 aromatic heterocycles. The molecular formula is C16H18N2O2. The molecule has 2 aromatic rings. The highest BCUT2D eigenvalue weighted by Crippen LogP contribution is 2.25. The first kappa shape index (κ1) is 14.2. The van der Waals surface area contributed by atoms with Gasteiger partial charge in [-0.2, -0.15) is 0 Å². The highest BCUT2D eigenvalue weighted by atomic mass is 16.6. The predicted octanol–water partition coefficient (Wildman–Crippen LogP) is 3.93. The molecule has 0 radical (unpaired) electrons. The van der Waals surface area contributed by atoms with Gasteiger partial charge in [0.1, 0.15) is 0 Å². The zero-order valence-corrected chi connectivity index (χ0v) is 11.7. The van der Waals surface area contributed by atoms with E-state index in [9.17, 15) is 10.1 Å². The summed E-state index contributed by atoms with van der Waals surface area (Å²) in [5.74, 6) is 0. The summed E-state index contributed by atoms with van der Waals surface area (Å²) in [6.07, 6.45) is 1.02. The van der Waals surface area contributed by atoms with Gasteiger partial charge in [0, 0.05) is 18.2 Å². The first-order chi connectivity index (χ1) is 9.65. The van der Waals surface area contributed by atoms with Gasteiger partial charge in [0.15, 0.2) is 0 Å². The Labute approximate surface area is 118 Å². The Kier molecular flexibility index (Phi) is 4.48. The molecule has 4 heteroatoms. The van der Waals surface area contributed by atoms with Crippen molar-refractivity contribution in [2.45, 2.75) is 19.4 Å². The second kappa shape index (κ2) is 6.30. The van der Waals surface area contributed by atoms with Crippen LogP contribution in [0.4, 0.5) is 5.69 Å². The Morgan fingerprint density at radius 1 is 1.15 bits per heavy atom. The normalized spacial score (nSPS) is 12.1. The Morgan fingerprint density at radius 3 is 2.40 bits per heavy atom. The lowest BCUT2D eigenvalue weighted by Gasteiger charge is -2.14. The van der Waals surface area contributed by atoms with Gasteiger partial charge < -0.3 is 5.32 Å². The first-order valence-corrected chi connectivity index (χ1v) is 6.67. The van der Waals surface area contributed by atoms with E-state index in [0.717, 1.165) is 17.5 Å². The molecule has 0 aliphatic rings. The standard InChI is InChI=1S/C16H18N2O2/c1-3-16(17-2)13-9-7-12(8-10-13)14-5-4-6-15(11-14)18(19)20/h4-11,16-17H,3H2,1-2H3. The van der Waals surface area contributed by atoms with Crippen LogP contribution in [-0.4, -0.2) is 12.0 Å². The number of nitro benzene ring substituents is 1. The average Bonchev–Trinajstić information content (AvgIpc) is 2.49. The van der Waals surface area contributed by atoms with Crippen molar-refractivity contribution in [2.75, 3.05) is 7.05 Å². The quantitative estimate of drug-likeness (QED) is 0.661. The Bertz CT molecular complexity index is 590. The molecule has 1 N–H and O–H groups in total. The van der Waals surface area contributed by atoms with E-state index in [2.05, 4.69) is 24.4 Å². The number of hydrogen-bond acceptors (Lipinski definition) is 3. The number of rotatable bonds is 5. The third-order valence-electron chi connectivity index (χ3n) is 3.46. The molecule has 0 heterocycles. The molecule has 0 spiro atoms. The van der Waals surface area contributed by atoms with Crippen molar-refractivity contribution in [1.82, 2.24) is 5.32 Å². The number of hydrogen-bond donors (Lipinski definition) is 1. The van der Waals surface area contributed by atoms with Crippen molar-refractivity contribution in [1.29, 1.82) is 0 Å². The lowest BCUT2D eigenvalue weighted by atomic mass is 9.99. The molecule has 1 unspecified atom stereocenters. The van der Waals surface area contributed by atoms with Crippen LogP contribution in [0.5, 0.6) is 0 Å². The minimum atomic E-state index is -0.369. The van der Waals surface area contributed by atoms with Crippen molar-refractivity contribution < 1.29 is 4.92 Å². The minimum absolute atomic E-state index is 0.119. The van der Waals surface area contributed by atoms with Crippen LogP contribution in [0.3, 0.4) is 0 Å². The third kappa shape index (κ3) is 3.03. The topological polar surface area (TPSA) is 55.2 Å². The van der Waals surface area contributed by atoms with Crippen molar-refractivity contribution >= 4 is 5.69 Å². The van der Waals surface area contributed by atoms with Crippen LogP contribution in [0.2, 0.25) is 0 Å². The van der Waals surface area contributed by atoms with E-state index >= 15 is 0 Å². The van der Waals surface area contributed by atoms with Gasteiger partial charge in [-0.25, -0.2) is 0 Å². The van der Waals surface area contributed by atoms with Gasteiger partial charge in [-0.1, -0.05) is 43.3 Å². The highest BCUT2D eigenvalue weighted by Gasteiger charge is 2.09. The summed E-state index contributed by atoms with van der Waals surface area (Å²) in [6, 6.07) is 15.2. The maximum absolute atomic E-state index is 10.8. The molecule has 0 bridgehead atoms. The van der Waals surface area contributed by atoms with Crippen LogP contribution >= 0.6 is 0 Å². The average molecular weight is 270 g/mol. The largest absolute Gasteiger partial charge is 0.313 e. The van der Waals surface area contributed by atoms with Gasteiger partial charge >= 0.3 is 0 Å². The minimum Gasteiger partial charge on any atom is -0.313 e. The van der Waals surface area contributed by atoms with E-state index in [1.165, 1.54) is 11.6 Å². The number of benzene rings is 2. The van der Waals surface area contributed by atoms with Gasteiger partial charge in [0.25, 0.3) is 5.69 Å². The number of nitro groups is 1. The molecule has 0 saturated carbocycles. The van der Waals surface area contributed by atoms with E-state index in [1.807, 2.05) is 25.2 Å². The lowest BCUT2D eigenvalue weighted by molar-refractivity contribution is -0.384. The van der Waals surface area contributed by atoms with E-state index in [1.54, 1.807) is 12.1 Å². The van der Waals surface area contributed by atoms with Crippen LogP contribution < -0.4 is 5.32 Å². The van der Waals surface area contributed by atoms with E-state index in [4.69, 9.17) is 0 Å². The smallest absolute Gasteiger partial charge is 0.270 e. The monoisotopic (exact) mass is 270 g/mol. The number of non-ortho nitro benzene ring substituents is 1. The molecule has 20 heavy (non-hydrogen) atoms. The van der Waals surface area contributed by atoms with Gasteiger partial charge in [-0.05, 0) is 30.2 Å². The summed E-state index contributed by atoms with van der Waals surface area (Å²) in [5.41, 5.74) is 3.20. The molecule has 4 nitrogen and oxygen atoms in total. The second-order valence-corrected chi connectivity index (χ2v) is 4.68. The molecule has 2 aromatic carbocycles. The fraction of sp³-hybridized carbons (Fsp3) is 0.250. The molecule has 0 amide bonds. The van der Waals surface area contributed by atoms with E-state index in [0.29, 0.717) is 6.04 Å². The fourth-order valence-electron chi connectivity index (χ4n) is 2.31. The van der Waals surface area contributed by atoms with Crippen LogP contribution in [0, 0.1) is 10.1 Å². The molecule has 1 atom stereocenters. The van der Waals surface area contributed by atoms with E-state index < -0.39 is 0 Å². The molecule has 0 aliphatic heterocycles. The molecule has 0 aliphatic carbocycles. The second-order valence-electron chi connectivity index (χ2n) is 4.68. The fourth-order valence-corrected chi connectivity index (χ4v) is 2.31. The van der Waals surface area contributed by atoms with Crippen LogP contribution in [0.1, 0.15) is 24.9 Å². The van der Waals surface area contributed by atoms with Gasteiger partial charge in [0.05, 0.1) is 4.92 Å². The van der Waals surface area contributed by atoms with Crippen molar-refractivity contribution in [3.63, 3.8) is 0 Å². The molecular weight excluding hydrogens is 252 g/mol. The van der Waals surface area contributed by atoms with Gasteiger partial charge in [-0.3, -0.25) is 10.1 Å².